The first-order chi connectivity index (χ1) is 15.9. The molecule has 5 rings (SSSR count). The quantitative estimate of drug-likeness (QED) is 0.441. The van der Waals surface area contributed by atoms with Crippen molar-refractivity contribution in [3.8, 4) is 11.1 Å². The molecule has 33 heavy (non-hydrogen) atoms. The molecule has 0 spiro atoms. The number of carbonyl (C=O) groups is 1. The van der Waals surface area contributed by atoms with Crippen LogP contribution < -0.4 is 4.90 Å². The number of hydrogen-bond donors (Lipinski definition) is 0. The van der Waals surface area contributed by atoms with Gasteiger partial charge in [0.25, 0.3) is 0 Å². The normalized spacial score (nSPS) is 14.7. The van der Waals surface area contributed by atoms with Crippen molar-refractivity contribution in [3.05, 3.63) is 66.0 Å². The SMILES string of the molecule is Cc1cc(C(=O)Cc2ncc3ccc(-c4cnn(C)c4)cc3n2)cc(N2CCN(C)CC2)n1. The topological polar surface area (TPSA) is 80.0 Å². The first kappa shape index (κ1) is 21.2. The Hall–Kier alpha value is -3.65. The highest BCUT2D eigenvalue weighted by molar-refractivity contribution is 5.98. The fraction of sp³-hybridized carbons (Fsp3) is 0.320. The summed E-state index contributed by atoms with van der Waals surface area (Å²) in [6.45, 7) is 5.74. The summed E-state index contributed by atoms with van der Waals surface area (Å²) < 4.78 is 1.77. The number of carbonyl (C=O) groups excluding carboxylic acids is 1. The van der Waals surface area contributed by atoms with E-state index in [1.807, 2.05) is 56.7 Å². The van der Waals surface area contributed by atoms with Gasteiger partial charge in [-0.3, -0.25) is 9.48 Å². The minimum atomic E-state index is -0.00126. The fourth-order valence-electron chi connectivity index (χ4n) is 4.15. The third kappa shape index (κ3) is 4.61. The van der Waals surface area contributed by atoms with Gasteiger partial charge in [0.05, 0.1) is 18.1 Å². The number of benzene rings is 1. The van der Waals surface area contributed by atoms with Gasteiger partial charge in [0.1, 0.15) is 11.6 Å². The summed E-state index contributed by atoms with van der Waals surface area (Å²) in [5.74, 6) is 1.39. The van der Waals surface area contributed by atoms with E-state index in [9.17, 15) is 4.79 Å². The van der Waals surface area contributed by atoms with E-state index in [1.54, 1.807) is 10.9 Å². The summed E-state index contributed by atoms with van der Waals surface area (Å²) in [5, 5.41) is 5.18. The molecule has 0 amide bonds. The summed E-state index contributed by atoms with van der Waals surface area (Å²) in [6, 6.07) is 9.81. The Bertz CT molecular complexity index is 1320. The van der Waals surface area contributed by atoms with Crippen molar-refractivity contribution >= 4 is 22.5 Å². The number of piperazine rings is 1. The monoisotopic (exact) mass is 441 g/mol. The lowest BCUT2D eigenvalue weighted by molar-refractivity contribution is 0.0990. The summed E-state index contributed by atoms with van der Waals surface area (Å²) >= 11 is 0. The van der Waals surface area contributed by atoms with Crippen LogP contribution in [-0.4, -0.2) is 68.6 Å². The Kier molecular flexibility index (Phi) is 5.60. The number of Topliss-reactive ketones (excluding diaryl/α,β-unsaturated/α-hetero) is 1. The maximum atomic E-state index is 13.1. The van der Waals surface area contributed by atoms with Gasteiger partial charge in [0.2, 0.25) is 0 Å². The second-order valence-corrected chi connectivity index (χ2v) is 8.71. The Morgan fingerprint density at radius 1 is 0.970 bits per heavy atom. The van der Waals surface area contributed by atoms with Crippen molar-refractivity contribution < 1.29 is 4.79 Å². The molecule has 0 bridgehead atoms. The van der Waals surface area contributed by atoms with E-state index in [-0.39, 0.29) is 12.2 Å². The lowest BCUT2D eigenvalue weighted by atomic mass is 10.1. The lowest BCUT2D eigenvalue weighted by Crippen LogP contribution is -2.44. The predicted molar refractivity (Wildman–Crippen MR) is 128 cm³/mol. The van der Waals surface area contributed by atoms with Crippen molar-refractivity contribution in [1.29, 1.82) is 0 Å². The van der Waals surface area contributed by atoms with Crippen molar-refractivity contribution in [1.82, 2.24) is 29.6 Å². The van der Waals surface area contributed by atoms with Crippen molar-refractivity contribution in [2.24, 2.45) is 7.05 Å². The molecular formula is C25H27N7O. The molecule has 3 aromatic heterocycles. The van der Waals surface area contributed by atoms with Crippen molar-refractivity contribution in [2.75, 3.05) is 38.1 Å². The van der Waals surface area contributed by atoms with Gasteiger partial charge in [0.15, 0.2) is 5.78 Å². The molecule has 8 heteroatoms. The van der Waals surface area contributed by atoms with Crippen LogP contribution in [0.4, 0.5) is 5.82 Å². The number of nitrogens with zero attached hydrogens (tertiary/aromatic N) is 7. The van der Waals surface area contributed by atoms with Gasteiger partial charge in [-0.25, -0.2) is 15.0 Å². The highest BCUT2D eigenvalue weighted by atomic mass is 16.1. The number of pyridine rings is 1. The molecule has 168 valence electrons. The molecule has 0 aliphatic carbocycles. The lowest BCUT2D eigenvalue weighted by Gasteiger charge is -2.33. The van der Waals surface area contributed by atoms with Gasteiger partial charge >= 0.3 is 0 Å². The zero-order chi connectivity index (χ0) is 22.9. The molecule has 1 saturated heterocycles. The van der Waals surface area contributed by atoms with E-state index in [1.165, 1.54) is 0 Å². The average molecular weight is 442 g/mol. The van der Waals surface area contributed by atoms with Crippen LogP contribution >= 0.6 is 0 Å². The maximum absolute atomic E-state index is 13.1. The fourth-order valence-corrected chi connectivity index (χ4v) is 4.15. The predicted octanol–water partition coefficient (Wildman–Crippen LogP) is 2.91. The molecule has 1 aliphatic heterocycles. The van der Waals surface area contributed by atoms with E-state index < -0.39 is 0 Å². The van der Waals surface area contributed by atoms with Crippen LogP contribution in [0.5, 0.6) is 0 Å². The van der Waals surface area contributed by atoms with Gasteiger partial charge in [-0.1, -0.05) is 12.1 Å². The van der Waals surface area contributed by atoms with E-state index in [0.29, 0.717) is 11.4 Å². The molecule has 0 unspecified atom stereocenters. The Labute approximate surface area is 192 Å². The number of anilines is 1. The second kappa shape index (κ2) is 8.71. The van der Waals surface area contributed by atoms with Crippen LogP contribution in [-0.2, 0) is 13.5 Å². The molecule has 0 atom stereocenters. The summed E-state index contributed by atoms with van der Waals surface area (Å²) in [6.07, 6.45) is 5.73. The van der Waals surface area contributed by atoms with Crippen LogP contribution in [0.1, 0.15) is 21.9 Å². The molecule has 1 aliphatic rings. The smallest absolute Gasteiger partial charge is 0.170 e. The maximum Gasteiger partial charge on any atom is 0.170 e. The van der Waals surface area contributed by atoms with Gasteiger partial charge in [0, 0.05) is 67.8 Å². The number of fused-ring (bicyclic) bond motifs is 1. The van der Waals surface area contributed by atoms with E-state index >= 15 is 0 Å². The minimum absolute atomic E-state index is 0.00126. The summed E-state index contributed by atoms with van der Waals surface area (Å²) in [4.78, 5) is 31.5. The van der Waals surface area contributed by atoms with Crippen LogP contribution in [0.3, 0.4) is 0 Å². The zero-order valence-electron chi connectivity index (χ0n) is 19.2. The molecular weight excluding hydrogens is 414 g/mol. The molecule has 1 fully saturated rings. The highest BCUT2D eigenvalue weighted by Crippen LogP contribution is 2.23. The van der Waals surface area contributed by atoms with Gasteiger partial charge in [-0.15, -0.1) is 0 Å². The van der Waals surface area contributed by atoms with Crippen molar-refractivity contribution in [3.63, 3.8) is 0 Å². The number of aryl methyl sites for hydroxylation is 2. The molecule has 4 heterocycles. The third-order valence-corrected chi connectivity index (χ3v) is 6.08. The van der Waals surface area contributed by atoms with Crippen LogP contribution in [0.15, 0.2) is 48.9 Å². The van der Waals surface area contributed by atoms with Gasteiger partial charge in [-0.05, 0) is 37.7 Å². The Morgan fingerprint density at radius 3 is 2.55 bits per heavy atom. The highest BCUT2D eigenvalue weighted by Gasteiger charge is 2.18. The first-order valence-electron chi connectivity index (χ1n) is 11.1. The van der Waals surface area contributed by atoms with E-state index in [0.717, 1.165) is 59.7 Å². The standard InChI is InChI=1S/C25H27N7O/c1-17-10-20(12-25(28-17)32-8-6-30(2)7-9-32)23(33)13-24-26-14-19-5-4-18(11-22(19)29-24)21-15-27-31(3)16-21/h4-5,10-12,14-16H,6-9,13H2,1-3H3. The molecule has 8 nitrogen and oxygen atoms in total. The van der Waals surface area contributed by atoms with Crippen LogP contribution in [0, 0.1) is 6.92 Å². The number of ketones is 1. The van der Waals surface area contributed by atoms with Crippen LogP contribution in [0.2, 0.25) is 0 Å². The number of likely N-dealkylation sites (N-methyl/N-ethyl adjacent to an activating group) is 1. The Balaban J connectivity index is 1.38. The molecule has 1 aromatic carbocycles. The van der Waals surface area contributed by atoms with Crippen LogP contribution in [0.25, 0.3) is 22.0 Å². The zero-order valence-corrected chi connectivity index (χ0v) is 19.2. The second-order valence-electron chi connectivity index (χ2n) is 8.71. The van der Waals surface area contributed by atoms with Gasteiger partial charge in [-0.2, -0.15) is 5.10 Å². The number of aromatic nitrogens is 5. The molecule has 0 radical (unpaired) electrons. The first-order valence-corrected chi connectivity index (χ1v) is 11.1. The van der Waals surface area contributed by atoms with E-state index in [4.69, 9.17) is 0 Å². The average Bonchev–Trinajstić information content (AvgIpc) is 3.25. The third-order valence-electron chi connectivity index (χ3n) is 6.08. The van der Waals surface area contributed by atoms with Gasteiger partial charge < -0.3 is 9.80 Å². The molecule has 0 saturated carbocycles. The minimum Gasteiger partial charge on any atom is -0.354 e. The van der Waals surface area contributed by atoms with E-state index in [2.05, 4.69) is 36.9 Å². The number of rotatable bonds is 5. The number of hydrogen-bond acceptors (Lipinski definition) is 7. The summed E-state index contributed by atoms with van der Waals surface area (Å²) in [7, 11) is 4.02. The Morgan fingerprint density at radius 2 is 1.79 bits per heavy atom. The largest absolute Gasteiger partial charge is 0.354 e. The van der Waals surface area contributed by atoms with Crippen molar-refractivity contribution in [2.45, 2.75) is 13.3 Å². The molecule has 4 aromatic rings. The molecule has 0 N–H and O–H groups in total. The summed E-state index contributed by atoms with van der Waals surface area (Å²) in [5.41, 5.74) is 4.38.